The van der Waals surface area contributed by atoms with Gasteiger partial charge in [0.15, 0.2) is 5.78 Å². The number of hydrogen-bond acceptors (Lipinski definition) is 3. The lowest BCUT2D eigenvalue weighted by molar-refractivity contribution is -0.117. The molecule has 1 atom stereocenters. The standard InChI is InChI=1S/C22H31NO2Si/c1-26(2,3)16-10-5-4-9-14-23-15-13-22(24)17-21(23)19-25-18-20-11-7-6-8-12-20/h6-8,11-13,15,21H,4,9,14,16-19H2,1-3H3. The summed E-state index contributed by atoms with van der Waals surface area (Å²) in [7, 11) is -1.06. The van der Waals surface area contributed by atoms with Gasteiger partial charge in [-0.1, -0.05) is 50.0 Å². The molecule has 0 radical (unpaired) electrons. The Bertz CT molecular complexity index is 652. The summed E-state index contributed by atoms with van der Waals surface area (Å²) in [5.74, 6) is 6.82. The van der Waals surface area contributed by atoms with E-state index in [1.165, 1.54) is 0 Å². The van der Waals surface area contributed by atoms with Crippen LogP contribution in [0.4, 0.5) is 0 Å². The smallest absolute Gasteiger partial charge is 0.159 e. The number of hydrogen-bond donors (Lipinski definition) is 0. The molecule has 1 unspecified atom stereocenters. The van der Waals surface area contributed by atoms with Crippen LogP contribution < -0.4 is 0 Å². The third-order valence-corrected chi connectivity index (χ3v) is 5.48. The first kappa shape index (κ1) is 20.5. The van der Waals surface area contributed by atoms with E-state index in [1.807, 2.05) is 24.4 Å². The number of carbonyl (C=O) groups excluding carboxylic acids is 1. The van der Waals surface area contributed by atoms with E-state index in [4.69, 9.17) is 4.74 Å². The molecule has 0 saturated carbocycles. The predicted molar refractivity (Wildman–Crippen MR) is 111 cm³/mol. The normalized spacial score (nSPS) is 17.1. The number of ether oxygens (including phenoxy) is 1. The van der Waals surface area contributed by atoms with Gasteiger partial charge in [-0.25, -0.2) is 0 Å². The van der Waals surface area contributed by atoms with E-state index < -0.39 is 8.07 Å². The SMILES string of the molecule is C[Si](C)(C)CC#CCCCN1C=CC(=O)CC1COCc1ccccc1. The summed E-state index contributed by atoms with van der Waals surface area (Å²) < 4.78 is 5.87. The van der Waals surface area contributed by atoms with Crippen LogP contribution >= 0.6 is 0 Å². The number of ketones is 1. The lowest BCUT2D eigenvalue weighted by atomic mass is 10.1. The van der Waals surface area contributed by atoms with Gasteiger partial charge >= 0.3 is 0 Å². The zero-order valence-electron chi connectivity index (χ0n) is 16.3. The first-order chi connectivity index (χ1) is 12.4. The van der Waals surface area contributed by atoms with Crippen LogP contribution in [0.25, 0.3) is 0 Å². The highest BCUT2D eigenvalue weighted by atomic mass is 28.3. The Morgan fingerprint density at radius 2 is 1.96 bits per heavy atom. The summed E-state index contributed by atoms with van der Waals surface area (Å²) in [5, 5.41) is 0. The van der Waals surface area contributed by atoms with Crippen molar-refractivity contribution in [3.8, 4) is 11.8 Å². The highest BCUT2D eigenvalue weighted by Gasteiger charge is 2.22. The minimum Gasteiger partial charge on any atom is -0.375 e. The molecule has 0 bridgehead atoms. The van der Waals surface area contributed by atoms with Gasteiger partial charge in [0, 0.05) is 31.6 Å². The molecular weight excluding hydrogens is 338 g/mol. The van der Waals surface area contributed by atoms with Crippen LogP contribution in [0.2, 0.25) is 25.7 Å². The molecular formula is C22H31NO2Si. The van der Waals surface area contributed by atoms with Gasteiger partial charge in [-0.2, -0.15) is 0 Å². The molecule has 0 fully saturated rings. The largest absolute Gasteiger partial charge is 0.375 e. The van der Waals surface area contributed by atoms with Crippen LogP contribution in [0, 0.1) is 11.8 Å². The molecule has 4 heteroatoms. The molecule has 0 spiro atoms. The van der Waals surface area contributed by atoms with Gasteiger partial charge in [0.25, 0.3) is 0 Å². The van der Waals surface area contributed by atoms with Crippen molar-refractivity contribution >= 4 is 13.9 Å². The first-order valence-corrected chi connectivity index (χ1v) is 13.2. The number of benzene rings is 1. The second kappa shape index (κ2) is 10.3. The molecule has 0 saturated heterocycles. The van der Waals surface area contributed by atoms with Gasteiger partial charge in [0.1, 0.15) is 0 Å². The monoisotopic (exact) mass is 369 g/mol. The molecule has 0 amide bonds. The maximum atomic E-state index is 11.8. The van der Waals surface area contributed by atoms with E-state index in [9.17, 15) is 4.79 Å². The molecule has 1 aliphatic heterocycles. The van der Waals surface area contributed by atoms with Gasteiger partial charge in [0.2, 0.25) is 0 Å². The Kier molecular flexibility index (Phi) is 8.15. The average molecular weight is 370 g/mol. The van der Waals surface area contributed by atoms with Crippen LogP contribution in [0.5, 0.6) is 0 Å². The minimum absolute atomic E-state index is 0.131. The zero-order chi connectivity index (χ0) is 18.8. The van der Waals surface area contributed by atoms with Gasteiger partial charge in [-0.05, 0) is 18.1 Å². The summed E-state index contributed by atoms with van der Waals surface area (Å²) in [6.45, 7) is 9.12. The number of unbranched alkanes of at least 4 members (excludes halogenated alkanes) is 1. The maximum Gasteiger partial charge on any atom is 0.159 e. The van der Waals surface area contributed by atoms with E-state index in [2.05, 4.69) is 48.5 Å². The number of carbonyl (C=O) groups is 1. The number of allylic oxidation sites excluding steroid dienone is 1. The molecule has 2 rings (SSSR count). The molecule has 1 aromatic rings. The van der Waals surface area contributed by atoms with Gasteiger partial charge < -0.3 is 9.64 Å². The molecule has 1 aliphatic rings. The Morgan fingerprint density at radius 1 is 1.19 bits per heavy atom. The second-order valence-corrected chi connectivity index (χ2v) is 13.5. The van der Waals surface area contributed by atoms with Crippen molar-refractivity contribution in [2.75, 3.05) is 13.2 Å². The van der Waals surface area contributed by atoms with Crippen molar-refractivity contribution in [2.24, 2.45) is 0 Å². The summed E-state index contributed by atoms with van der Waals surface area (Å²) in [4.78, 5) is 14.0. The minimum atomic E-state index is -1.06. The quantitative estimate of drug-likeness (QED) is 0.384. The van der Waals surface area contributed by atoms with Gasteiger partial charge in [-0.15, -0.1) is 11.8 Å². The highest BCUT2D eigenvalue weighted by Crippen LogP contribution is 2.15. The molecule has 140 valence electrons. The van der Waals surface area contributed by atoms with Crippen LogP contribution in [0.1, 0.15) is 24.8 Å². The topological polar surface area (TPSA) is 29.5 Å². The third kappa shape index (κ3) is 8.03. The third-order valence-electron chi connectivity index (χ3n) is 4.24. The van der Waals surface area contributed by atoms with E-state index >= 15 is 0 Å². The molecule has 3 nitrogen and oxygen atoms in total. The Hall–Kier alpha value is -1.83. The fraction of sp³-hybridized carbons (Fsp3) is 0.500. The molecule has 0 aromatic heterocycles. The van der Waals surface area contributed by atoms with Crippen molar-refractivity contribution in [3.63, 3.8) is 0 Å². The Balaban J connectivity index is 1.75. The molecule has 1 heterocycles. The molecule has 0 N–H and O–H groups in total. The van der Waals surface area contributed by atoms with Crippen LogP contribution in [0.15, 0.2) is 42.6 Å². The molecule has 26 heavy (non-hydrogen) atoms. The maximum absolute atomic E-state index is 11.8. The second-order valence-electron chi connectivity index (χ2n) is 8.07. The van der Waals surface area contributed by atoms with Crippen molar-refractivity contribution in [2.45, 2.75) is 57.6 Å². The molecule has 0 aliphatic carbocycles. The fourth-order valence-electron chi connectivity index (χ4n) is 2.78. The van der Waals surface area contributed by atoms with Crippen molar-refractivity contribution in [1.29, 1.82) is 0 Å². The summed E-state index contributed by atoms with van der Waals surface area (Å²) in [5.41, 5.74) is 1.16. The van der Waals surface area contributed by atoms with E-state index in [-0.39, 0.29) is 11.8 Å². The summed E-state index contributed by atoms with van der Waals surface area (Å²) in [6.07, 6.45) is 6.09. The van der Waals surface area contributed by atoms with Crippen LogP contribution in [-0.4, -0.2) is 38.0 Å². The molecule has 1 aromatic carbocycles. The summed E-state index contributed by atoms with van der Waals surface area (Å²) in [6, 6.07) is 11.4. The van der Waals surface area contributed by atoms with Crippen molar-refractivity contribution in [1.82, 2.24) is 4.90 Å². The Labute approximate surface area is 159 Å². The zero-order valence-corrected chi connectivity index (χ0v) is 17.3. The fourth-order valence-corrected chi connectivity index (χ4v) is 3.44. The highest BCUT2D eigenvalue weighted by molar-refractivity contribution is 6.76. The van der Waals surface area contributed by atoms with E-state index in [1.54, 1.807) is 6.08 Å². The number of rotatable bonds is 8. The van der Waals surface area contributed by atoms with Gasteiger partial charge in [0.05, 0.1) is 27.3 Å². The number of nitrogens with zero attached hydrogens (tertiary/aromatic N) is 1. The van der Waals surface area contributed by atoms with Crippen molar-refractivity contribution in [3.05, 3.63) is 48.2 Å². The van der Waals surface area contributed by atoms with Crippen LogP contribution in [0.3, 0.4) is 0 Å². The van der Waals surface area contributed by atoms with Crippen LogP contribution in [-0.2, 0) is 16.1 Å². The predicted octanol–water partition coefficient (Wildman–Crippen LogP) is 4.48. The lowest BCUT2D eigenvalue weighted by Crippen LogP contribution is -2.39. The first-order valence-electron chi connectivity index (χ1n) is 9.48. The summed E-state index contributed by atoms with van der Waals surface area (Å²) >= 11 is 0. The Morgan fingerprint density at radius 3 is 2.69 bits per heavy atom. The van der Waals surface area contributed by atoms with E-state index in [0.717, 1.165) is 31.0 Å². The van der Waals surface area contributed by atoms with Crippen molar-refractivity contribution < 1.29 is 9.53 Å². The lowest BCUT2D eigenvalue weighted by Gasteiger charge is -2.32. The van der Waals surface area contributed by atoms with Gasteiger partial charge in [-0.3, -0.25) is 4.79 Å². The van der Waals surface area contributed by atoms with E-state index in [0.29, 0.717) is 19.6 Å². The average Bonchev–Trinajstić information content (AvgIpc) is 2.59.